The van der Waals surface area contributed by atoms with Crippen molar-refractivity contribution in [1.29, 1.82) is 0 Å². The smallest absolute Gasteiger partial charge is 0.253 e. The number of halogens is 1. The average Bonchev–Trinajstić information content (AvgIpc) is 3.28. The Morgan fingerprint density at radius 2 is 2.10 bits per heavy atom. The van der Waals surface area contributed by atoms with Gasteiger partial charge in [0.1, 0.15) is 17.8 Å². The van der Waals surface area contributed by atoms with Crippen LogP contribution in [0.25, 0.3) is 0 Å². The first-order valence-corrected chi connectivity index (χ1v) is 7.30. The number of rotatable bonds is 3. The summed E-state index contributed by atoms with van der Waals surface area (Å²) in [6.07, 6.45) is 1.92. The number of piperazine rings is 1. The first-order chi connectivity index (χ1) is 9.95. The Labute approximate surface area is 128 Å². The Morgan fingerprint density at radius 1 is 1.38 bits per heavy atom. The highest BCUT2D eigenvalue weighted by Crippen LogP contribution is 2.43. The zero-order valence-corrected chi connectivity index (χ0v) is 12.7. The molecule has 1 aromatic rings. The molecule has 0 bridgehead atoms. The van der Waals surface area contributed by atoms with Gasteiger partial charge >= 0.3 is 0 Å². The van der Waals surface area contributed by atoms with Gasteiger partial charge < -0.3 is 10.1 Å². The van der Waals surface area contributed by atoms with Crippen molar-refractivity contribution in [1.82, 2.24) is 5.32 Å². The fourth-order valence-electron chi connectivity index (χ4n) is 2.84. The van der Waals surface area contributed by atoms with Crippen molar-refractivity contribution in [2.24, 2.45) is 5.92 Å². The van der Waals surface area contributed by atoms with Crippen LogP contribution in [0.2, 0.25) is 5.02 Å². The highest BCUT2D eigenvalue weighted by atomic mass is 35.5. The van der Waals surface area contributed by atoms with Gasteiger partial charge in [-0.15, -0.1) is 0 Å². The van der Waals surface area contributed by atoms with E-state index in [4.69, 9.17) is 16.3 Å². The predicted molar refractivity (Wildman–Crippen MR) is 79.6 cm³/mol. The fraction of sp³-hybridized carbons (Fsp3) is 0.467. The maximum absolute atomic E-state index is 12.8. The molecular weight excluding hydrogens is 292 g/mol. The van der Waals surface area contributed by atoms with Crippen LogP contribution < -0.4 is 15.0 Å². The highest BCUT2D eigenvalue weighted by molar-refractivity contribution is 6.34. The Morgan fingerprint density at radius 3 is 2.71 bits per heavy atom. The van der Waals surface area contributed by atoms with Gasteiger partial charge in [0.25, 0.3) is 5.91 Å². The lowest BCUT2D eigenvalue weighted by molar-refractivity contribution is -0.136. The molecule has 6 heteroatoms. The first-order valence-electron chi connectivity index (χ1n) is 6.92. The summed E-state index contributed by atoms with van der Waals surface area (Å²) in [7, 11) is 1.55. The van der Waals surface area contributed by atoms with Crippen LogP contribution in [0.3, 0.4) is 0 Å². The summed E-state index contributed by atoms with van der Waals surface area (Å²) in [5.74, 6) is 0.532. The number of hydrogen-bond donors (Lipinski definition) is 1. The third kappa shape index (κ3) is 2.35. The van der Waals surface area contributed by atoms with Crippen LogP contribution in [0, 0.1) is 5.92 Å². The SMILES string of the molecule is COc1ccc(Cl)c(N2CC(=O)NC(C)(C3CC3)C2=O)c1. The number of benzene rings is 1. The lowest BCUT2D eigenvalue weighted by atomic mass is 9.91. The minimum Gasteiger partial charge on any atom is -0.497 e. The summed E-state index contributed by atoms with van der Waals surface area (Å²) in [6, 6.07) is 5.08. The lowest BCUT2D eigenvalue weighted by Crippen LogP contribution is -2.66. The monoisotopic (exact) mass is 308 g/mol. The number of carbonyl (C=O) groups is 2. The van der Waals surface area contributed by atoms with Crippen LogP contribution in [0.4, 0.5) is 5.69 Å². The van der Waals surface area contributed by atoms with Crippen LogP contribution in [0.15, 0.2) is 18.2 Å². The van der Waals surface area contributed by atoms with Gasteiger partial charge in [-0.3, -0.25) is 14.5 Å². The van der Waals surface area contributed by atoms with Crippen molar-refractivity contribution in [2.75, 3.05) is 18.6 Å². The van der Waals surface area contributed by atoms with E-state index in [0.29, 0.717) is 16.5 Å². The summed E-state index contributed by atoms with van der Waals surface area (Å²) >= 11 is 6.21. The molecule has 0 radical (unpaired) electrons. The minimum atomic E-state index is -0.832. The highest BCUT2D eigenvalue weighted by Gasteiger charge is 2.53. The van der Waals surface area contributed by atoms with Gasteiger partial charge in [0.2, 0.25) is 5.91 Å². The van der Waals surface area contributed by atoms with Gasteiger partial charge in [0, 0.05) is 6.07 Å². The van der Waals surface area contributed by atoms with E-state index >= 15 is 0 Å². The second-order valence-electron chi connectivity index (χ2n) is 5.73. The van der Waals surface area contributed by atoms with E-state index < -0.39 is 5.54 Å². The van der Waals surface area contributed by atoms with Crippen LogP contribution in [-0.2, 0) is 9.59 Å². The lowest BCUT2D eigenvalue weighted by Gasteiger charge is -2.40. The largest absolute Gasteiger partial charge is 0.497 e. The molecule has 1 atom stereocenters. The maximum Gasteiger partial charge on any atom is 0.253 e. The molecule has 2 fully saturated rings. The van der Waals surface area contributed by atoms with Crippen LogP contribution >= 0.6 is 11.6 Å². The van der Waals surface area contributed by atoms with Crippen molar-refractivity contribution in [3.8, 4) is 5.75 Å². The van der Waals surface area contributed by atoms with Crippen molar-refractivity contribution in [3.63, 3.8) is 0 Å². The Balaban J connectivity index is 2.00. The van der Waals surface area contributed by atoms with Crippen molar-refractivity contribution >= 4 is 29.1 Å². The molecule has 1 aromatic carbocycles. The first kappa shape index (κ1) is 14.2. The van der Waals surface area contributed by atoms with Gasteiger partial charge in [0.15, 0.2) is 0 Å². The second-order valence-corrected chi connectivity index (χ2v) is 6.14. The normalized spacial score (nSPS) is 25.8. The third-order valence-corrected chi connectivity index (χ3v) is 4.55. The van der Waals surface area contributed by atoms with Gasteiger partial charge in [-0.2, -0.15) is 0 Å². The number of ether oxygens (including phenoxy) is 1. The van der Waals surface area contributed by atoms with E-state index in [2.05, 4.69) is 5.32 Å². The molecule has 5 nitrogen and oxygen atoms in total. The Bertz CT molecular complexity index is 615. The number of methoxy groups -OCH3 is 1. The molecule has 21 heavy (non-hydrogen) atoms. The number of nitrogens with zero attached hydrogens (tertiary/aromatic N) is 1. The third-order valence-electron chi connectivity index (χ3n) is 4.23. The standard InChI is InChI=1S/C15H17ClN2O3/c1-15(9-3-4-9)14(20)18(8-13(19)17-15)12-7-10(21-2)5-6-11(12)16/h5-7,9H,3-4,8H2,1-2H3,(H,17,19). The molecule has 1 unspecified atom stereocenters. The van der Waals surface area contributed by atoms with E-state index in [1.165, 1.54) is 4.90 Å². The zero-order chi connectivity index (χ0) is 15.2. The maximum atomic E-state index is 12.8. The molecule has 3 rings (SSSR count). The number of amides is 2. The molecule has 1 saturated heterocycles. The van der Waals surface area contributed by atoms with E-state index in [1.807, 2.05) is 0 Å². The van der Waals surface area contributed by atoms with Crippen molar-refractivity contribution < 1.29 is 14.3 Å². The van der Waals surface area contributed by atoms with E-state index in [0.717, 1.165) is 12.8 Å². The van der Waals surface area contributed by atoms with Gasteiger partial charge in [-0.25, -0.2) is 0 Å². The quantitative estimate of drug-likeness (QED) is 0.929. The van der Waals surface area contributed by atoms with Gasteiger partial charge in [0.05, 0.1) is 17.8 Å². The van der Waals surface area contributed by atoms with Crippen LogP contribution in [0.5, 0.6) is 5.75 Å². The number of carbonyl (C=O) groups excluding carboxylic acids is 2. The number of nitrogens with one attached hydrogen (secondary N) is 1. The molecule has 0 spiro atoms. The molecule has 0 aromatic heterocycles. The summed E-state index contributed by atoms with van der Waals surface area (Å²) in [6.45, 7) is 1.78. The minimum absolute atomic E-state index is 0.0198. The second kappa shape index (κ2) is 4.91. The molecule has 1 N–H and O–H groups in total. The molecule has 1 aliphatic carbocycles. The van der Waals surface area contributed by atoms with Crippen molar-refractivity contribution in [3.05, 3.63) is 23.2 Å². The molecule has 112 valence electrons. The molecular formula is C15H17ClN2O3. The molecule has 1 aliphatic heterocycles. The number of hydrogen-bond acceptors (Lipinski definition) is 3. The summed E-state index contributed by atoms with van der Waals surface area (Å²) in [5.41, 5.74) is -0.315. The Hall–Kier alpha value is -1.75. The van der Waals surface area contributed by atoms with Gasteiger partial charge in [-0.05, 0) is 37.8 Å². The Kier molecular flexibility index (Phi) is 3.32. The molecule has 2 amide bonds. The summed E-state index contributed by atoms with van der Waals surface area (Å²) in [5, 5.41) is 3.28. The van der Waals surface area contributed by atoms with E-state index in [9.17, 15) is 9.59 Å². The molecule has 1 saturated carbocycles. The van der Waals surface area contributed by atoms with Crippen LogP contribution in [-0.4, -0.2) is 31.0 Å². The predicted octanol–water partition coefficient (Wildman–Crippen LogP) is 1.98. The van der Waals surface area contributed by atoms with E-state index in [1.54, 1.807) is 32.2 Å². The summed E-state index contributed by atoms with van der Waals surface area (Å²) < 4.78 is 5.18. The topological polar surface area (TPSA) is 58.6 Å². The molecule has 2 aliphatic rings. The number of anilines is 1. The van der Waals surface area contributed by atoms with Gasteiger partial charge in [-0.1, -0.05) is 11.6 Å². The summed E-state index contributed by atoms with van der Waals surface area (Å²) in [4.78, 5) is 26.3. The molecule has 1 heterocycles. The average molecular weight is 309 g/mol. The van der Waals surface area contributed by atoms with E-state index in [-0.39, 0.29) is 24.3 Å². The van der Waals surface area contributed by atoms with Crippen molar-refractivity contribution in [2.45, 2.75) is 25.3 Å². The van der Waals surface area contributed by atoms with Crippen LogP contribution in [0.1, 0.15) is 19.8 Å². The zero-order valence-electron chi connectivity index (χ0n) is 12.0. The fourth-order valence-corrected chi connectivity index (χ4v) is 3.06.